The highest BCUT2D eigenvalue weighted by Gasteiger charge is 2.17. The molecule has 7 nitrogen and oxygen atoms in total. The molecule has 1 heterocycles. The van der Waals surface area contributed by atoms with Crippen LogP contribution in [0.3, 0.4) is 0 Å². The smallest absolute Gasteiger partial charge is 0.295 e. The van der Waals surface area contributed by atoms with Crippen molar-refractivity contribution in [2.75, 3.05) is 11.9 Å². The molecule has 2 N–H and O–H groups in total. The zero-order valence-corrected chi connectivity index (χ0v) is 16.5. The van der Waals surface area contributed by atoms with Gasteiger partial charge >= 0.3 is 0 Å². The molecule has 0 bridgehead atoms. The van der Waals surface area contributed by atoms with E-state index in [9.17, 15) is 9.59 Å². The molecule has 0 saturated heterocycles. The molecule has 0 radical (unpaired) electrons. The predicted octanol–water partition coefficient (Wildman–Crippen LogP) is 3.54. The maximum atomic E-state index is 12.7. The van der Waals surface area contributed by atoms with Crippen LogP contribution in [0.25, 0.3) is 5.69 Å². The average Bonchev–Trinajstić information content (AvgIpc) is 3.06. The van der Waals surface area contributed by atoms with Crippen LogP contribution in [-0.2, 0) is 0 Å². The Kier molecular flexibility index (Phi) is 5.75. The fourth-order valence-electron chi connectivity index (χ4n) is 2.65. The molecule has 0 atom stereocenters. The Hall–Kier alpha value is -3.19. The van der Waals surface area contributed by atoms with Crippen molar-refractivity contribution in [2.45, 2.75) is 20.8 Å². The summed E-state index contributed by atoms with van der Waals surface area (Å²) < 4.78 is 1.57. The number of carbonyl (C=O) groups is 2. The van der Waals surface area contributed by atoms with E-state index in [1.807, 2.05) is 13.8 Å². The van der Waals surface area contributed by atoms with Gasteiger partial charge in [-0.2, -0.15) is 0 Å². The molecule has 8 heteroatoms. The Morgan fingerprint density at radius 3 is 2.46 bits per heavy atom. The van der Waals surface area contributed by atoms with Crippen LogP contribution in [0.1, 0.15) is 39.3 Å². The highest BCUT2D eigenvalue weighted by molar-refractivity contribution is 6.30. The summed E-state index contributed by atoms with van der Waals surface area (Å²) in [7, 11) is 0. The van der Waals surface area contributed by atoms with Gasteiger partial charge in [-0.05, 0) is 62.7 Å². The van der Waals surface area contributed by atoms with E-state index in [1.165, 1.54) is 0 Å². The maximum Gasteiger partial charge on any atom is 0.295 e. The van der Waals surface area contributed by atoms with Gasteiger partial charge in [0.2, 0.25) is 5.82 Å². The summed E-state index contributed by atoms with van der Waals surface area (Å²) in [5.74, 6) is -0.0403. The lowest BCUT2D eigenvalue weighted by molar-refractivity contribution is 0.0954. The van der Waals surface area contributed by atoms with Gasteiger partial charge in [0, 0.05) is 22.8 Å². The number of hydrogen-bond acceptors (Lipinski definition) is 4. The normalized spacial score (nSPS) is 10.6. The van der Waals surface area contributed by atoms with Crippen LogP contribution in [0, 0.1) is 13.8 Å². The first-order valence-electron chi connectivity index (χ1n) is 8.79. The SMILES string of the molecule is CCNC(=O)c1ccc(C)c(NC(=O)c2nc(C)n(-c3ccc(Cl)cc3)n2)c1. The third kappa shape index (κ3) is 4.20. The van der Waals surface area contributed by atoms with E-state index >= 15 is 0 Å². The number of halogens is 1. The molecule has 0 aliphatic carbocycles. The van der Waals surface area contributed by atoms with E-state index in [1.54, 1.807) is 54.1 Å². The van der Waals surface area contributed by atoms with Gasteiger partial charge < -0.3 is 10.6 Å². The minimum absolute atomic E-state index is 0.0373. The van der Waals surface area contributed by atoms with Gasteiger partial charge in [0.25, 0.3) is 11.8 Å². The molecule has 3 rings (SSSR count). The number of nitrogens with one attached hydrogen (secondary N) is 2. The van der Waals surface area contributed by atoms with E-state index < -0.39 is 5.91 Å². The molecule has 0 aliphatic rings. The van der Waals surface area contributed by atoms with E-state index in [-0.39, 0.29) is 11.7 Å². The van der Waals surface area contributed by atoms with Crippen LogP contribution < -0.4 is 10.6 Å². The van der Waals surface area contributed by atoms with Gasteiger partial charge in [0.05, 0.1) is 5.69 Å². The molecule has 144 valence electrons. The van der Waals surface area contributed by atoms with Crippen molar-refractivity contribution in [3.8, 4) is 5.69 Å². The van der Waals surface area contributed by atoms with Crippen LogP contribution in [0.5, 0.6) is 0 Å². The van der Waals surface area contributed by atoms with Crippen LogP contribution in [0.4, 0.5) is 5.69 Å². The number of aryl methyl sites for hydroxylation is 2. The number of hydrogen-bond donors (Lipinski definition) is 2. The summed E-state index contributed by atoms with van der Waals surface area (Å²) >= 11 is 5.92. The second kappa shape index (κ2) is 8.22. The van der Waals surface area contributed by atoms with Crippen molar-refractivity contribution in [2.24, 2.45) is 0 Å². The van der Waals surface area contributed by atoms with Crippen LogP contribution >= 0.6 is 11.6 Å². The standard InChI is InChI=1S/C20H20ClN5O2/c1-4-22-19(27)14-6-5-12(2)17(11-14)24-20(28)18-23-13(3)26(25-18)16-9-7-15(21)8-10-16/h5-11H,4H2,1-3H3,(H,22,27)(H,24,28). The van der Waals surface area contributed by atoms with Crippen molar-refractivity contribution in [1.29, 1.82) is 0 Å². The first-order chi connectivity index (χ1) is 13.4. The fraction of sp³-hybridized carbons (Fsp3) is 0.200. The quantitative estimate of drug-likeness (QED) is 0.689. The van der Waals surface area contributed by atoms with E-state index in [0.29, 0.717) is 28.6 Å². The molecule has 28 heavy (non-hydrogen) atoms. The van der Waals surface area contributed by atoms with Crippen LogP contribution in [0.15, 0.2) is 42.5 Å². The van der Waals surface area contributed by atoms with Crippen molar-refractivity contribution in [3.63, 3.8) is 0 Å². The zero-order valence-electron chi connectivity index (χ0n) is 15.8. The molecule has 3 aromatic rings. The van der Waals surface area contributed by atoms with Crippen LogP contribution in [-0.4, -0.2) is 33.1 Å². The molecule has 0 fully saturated rings. The van der Waals surface area contributed by atoms with Crippen molar-refractivity contribution >= 4 is 29.1 Å². The molecule has 0 spiro atoms. The minimum Gasteiger partial charge on any atom is -0.352 e. The molecule has 1 aromatic heterocycles. The van der Waals surface area contributed by atoms with E-state index in [4.69, 9.17) is 11.6 Å². The Bertz CT molecular complexity index is 1030. The molecule has 0 aliphatic heterocycles. The largest absolute Gasteiger partial charge is 0.352 e. The Morgan fingerprint density at radius 2 is 1.79 bits per heavy atom. The third-order valence-corrected chi connectivity index (χ3v) is 4.38. The van der Waals surface area contributed by atoms with E-state index in [2.05, 4.69) is 20.7 Å². The Morgan fingerprint density at radius 1 is 1.07 bits per heavy atom. The Labute approximate surface area is 167 Å². The first-order valence-corrected chi connectivity index (χ1v) is 9.16. The third-order valence-electron chi connectivity index (χ3n) is 4.13. The lowest BCUT2D eigenvalue weighted by atomic mass is 10.1. The van der Waals surface area contributed by atoms with Gasteiger partial charge in [0.1, 0.15) is 5.82 Å². The summed E-state index contributed by atoms with van der Waals surface area (Å²) in [6.07, 6.45) is 0. The zero-order chi connectivity index (χ0) is 20.3. The summed E-state index contributed by atoms with van der Waals surface area (Å²) in [4.78, 5) is 28.9. The topological polar surface area (TPSA) is 88.9 Å². The van der Waals surface area contributed by atoms with Gasteiger partial charge in [-0.3, -0.25) is 9.59 Å². The molecule has 2 amide bonds. The summed E-state index contributed by atoms with van der Waals surface area (Å²) in [6, 6.07) is 12.2. The summed E-state index contributed by atoms with van der Waals surface area (Å²) in [5, 5.41) is 10.4. The van der Waals surface area contributed by atoms with Gasteiger partial charge in [-0.25, -0.2) is 9.67 Å². The van der Waals surface area contributed by atoms with Crippen molar-refractivity contribution in [3.05, 3.63) is 70.3 Å². The number of anilines is 1. The number of benzene rings is 2. The van der Waals surface area contributed by atoms with Crippen molar-refractivity contribution in [1.82, 2.24) is 20.1 Å². The second-order valence-corrected chi connectivity index (χ2v) is 6.65. The van der Waals surface area contributed by atoms with Crippen LogP contribution in [0.2, 0.25) is 5.02 Å². The minimum atomic E-state index is -0.452. The molecule has 2 aromatic carbocycles. The number of amides is 2. The van der Waals surface area contributed by atoms with Gasteiger partial charge in [-0.15, -0.1) is 5.10 Å². The molecular weight excluding hydrogens is 378 g/mol. The second-order valence-electron chi connectivity index (χ2n) is 6.21. The maximum absolute atomic E-state index is 12.7. The molecule has 0 unspecified atom stereocenters. The number of carbonyl (C=O) groups excluding carboxylic acids is 2. The summed E-state index contributed by atoms with van der Waals surface area (Å²) in [6.45, 7) is 5.99. The highest BCUT2D eigenvalue weighted by atomic mass is 35.5. The van der Waals surface area contributed by atoms with Gasteiger partial charge in [0.15, 0.2) is 0 Å². The number of aromatic nitrogens is 3. The van der Waals surface area contributed by atoms with Gasteiger partial charge in [-0.1, -0.05) is 17.7 Å². The lowest BCUT2D eigenvalue weighted by Crippen LogP contribution is -2.23. The molecular formula is C20H20ClN5O2. The highest BCUT2D eigenvalue weighted by Crippen LogP contribution is 2.19. The first kappa shape index (κ1) is 19.6. The molecule has 0 saturated carbocycles. The summed E-state index contributed by atoms with van der Waals surface area (Å²) in [5.41, 5.74) is 2.59. The predicted molar refractivity (Wildman–Crippen MR) is 108 cm³/mol. The van der Waals surface area contributed by atoms with Crippen molar-refractivity contribution < 1.29 is 9.59 Å². The van der Waals surface area contributed by atoms with E-state index in [0.717, 1.165) is 11.3 Å². The number of nitrogens with zero attached hydrogens (tertiary/aromatic N) is 3. The fourth-order valence-corrected chi connectivity index (χ4v) is 2.78. The Balaban J connectivity index is 1.84. The number of rotatable bonds is 5. The lowest BCUT2D eigenvalue weighted by Gasteiger charge is -2.09. The monoisotopic (exact) mass is 397 g/mol. The average molecular weight is 398 g/mol.